The lowest BCUT2D eigenvalue weighted by atomic mass is 10.0. The summed E-state index contributed by atoms with van der Waals surface area (Å²) < 4.78 is 1.72. The van der Waals surface area contributed by atoms with Crippen molar-refractivity contribution in [3.05, 3.63) is 72.3 Å². The maximum absolute atomic E-state index is 12.4. The molecule has 1 unspecified atom stereocenters. The Kier molecular flexibility index (Phi) is 5.94. The van der Waals surface area contributed by atoms with Crippen LogP contribution in [0.15, 0.2) is 61.2 Å². The SMILES string of the molecule is Cn1cc(-c2ccncc2/C=C/C(=O)Nc2ccc(CC3SC(=O)NC3=O)cc2)cn1. The molecule has 2 N–H and O–H groups in total. The third-order valence-corrected chi connectivity index (χ3v) is 5.67. The van der Waals surface area contributed by atoms with Crippen molar-refractivity contribution in [3.8, 4) is 11.1 Å². The first-order valence-electron chi connectivity index (χ1n) is 9.50. The summed E-state index contributed by atoms with van der Waals surface area (Å²) in [6.07, 6.45) is 10.7. The summed E-state index contributed by atoms with van der Waals surface area (Å²) in [7, 11) is 1.85. The highest BCUT2D eigenvalue weighted by atomic mass is 32.2. The summed E-state index contributed by atoms with van der Waals surface area (Å²) >= 11 is 1.000. The second kappa shape index (κ2) is 8.97. The predicted molar refractivity (Wildman–Crippen MR) is 119 cm³/mol. The van der Waals surface area contributed by atoms with Crippen LogP contribution in [0.3, 0.4) is 0 Å². The molecule has 0 aliphatic carbocycles. The van der Waals surface area contributed by atoms with E-state index in [0.717, 1.165) is 34.0 Å². The zero-order chi connectivity index (χ0) is 21.8. The first kappa shape index (κ1) is 20.5. The Balaban J connectivity index is 1.39. The molecule has 0 saturated carbocycles. The summed E-state index contributed by atoms with van der Waals surface area (Å²) in [5.74, 6) is -0.538. The number of nitrogens with zero attached hydrogens (tertiary/aromatic N) is 3. The third-order valence-electron chi connectivity index (χ3n) is 4.69. The lowest BCUT2D eigenvalue weighted by Gasteiger charge is -2.07. The zero-order valence-corrected chi connectivity index (χ0v) is 17.4. The van der Waals surface area contributed by atoms with Gasteiger partial charge in [0.15, 0.2) is 0 Å². The first-order chi connectivity index (χ1) is 15.0. The van der Waals surface area contributed by atoms with Crippen LogP contribution in [-0.4, -0.2) is 37.1 Å². The molecule has 156 valence electrons. The lowest BCUT2D eigenvalue weighted by Crippen LogP contribution is -2.25. The van der Waals surface area contributed by atoms with Gasteiger partial charge in [-0.25, -0.2) is 0 Å². The Hall–Kier alpha value is -3.72. The summed E-state index contributed by atoms with van der Waals surface area (Å²) in [4.78, 5) is 39.4. The van der Waals surface area contributed by atoms with Gasteiger partial charge in [0.2, 0.25) is 11.8 Å². The van der Waals surface area contributed by atoms with E-state index in [0.29, 0.717) is 12.1 Å². The van der Waals surface area contributed by atoms with Gasteiger partial charge >= 0.3 is 0 Å². The van der Waals surface area contributed by atoms with E-state index in [1.807, 2.05) is 31.4 Å². The normalized spacial score (nSPS) is 16.0. The molecule has 1 saturated heterocycles. The number of carbonyl (C=O) groups excluding carboxylic acids is 3. The quantitative estimate of drug-likeness (QED) is 0.579. The van der Waals surface area contributed by atoms with Crippen molar-refractivity contribution in [2.75, 3.05) is 5.32 Å². The summed E-state index contributed by atoms with van der Waals surface area (Å²) in [5, 5.41) is 8.55. The molecule has 0 bridgehead atoms. The number of hydrogen-bond acceptors (Lipinski definition) is 6. The smallest absolute Gasteiger partial charge is 0.286 e. The fourth-order valence-corrected chi connectivity index (χ4v) is 4.04. The van der Waals surface area contributed by atoms with Crippen LogP contribution in [0.25, 0.3) is 17.2 Å². The molecule has 1 fully saturated rings. The number of hydrogen-bond donors (Lipinski definition) is 2. The molecule has 8 nitrogen and oxygen atoms in total. The number of benzene rings is 1. The van der Waals surface area contributed by atoms with Crippen molar-refractivity contribution in [2.24, 2.45) is 7.05 Å². The van der Waals surface area contributed by atoms with E-state index in [-0.39, 0.29) is 17.1 Å². The van der Waals surface area contributed by atoms with Crippen LogP contribution in [-0.2, 0) is 23.1 Å². The maximum atomic E-state index is 12.4. The van der Waals surface area contributed by atoms with Crippen LogP contribution in [0, 0.1) is 0 Å². The van der Waals surface area contributed by atoms with Crippen molar-refractivity contribution >= 4 is 40.6 Å². The van der Waals surface area contributed by atoms with Gasteiger partial charge in [0.05, 0.1) is 11.4 Å². The monoisotopic (exact) mass is 433 g/mol. The Morgan fingerprint density at radius 1 is 1.23 bits per heavy atom. The molecule has 3 heterocycles. The molecule has 1 aromatic carbocycles. The van der Waals surface area contributed by atoms with E-state index in [4.69, 9.17) is 0 Å². The number of aryl methyl sites for hydroxylation is 1. The standard InChI is InChI=1S/C22H19N5O3S/c1-27-13-16(12-24-27)18-8-9-23-11-15(18)4-7-20(28)25-17-5-2-14(3-6-17)10-19-21(29)26-22(30)31-19/h2-9,11-13,19H,10H2,1H3,(H,25,28)(H,26,29,30)/b7-4+. The van der Waals surface area contributed by atoms with E-state index in [1.165, 1.54) is 6.08 Å². The molecule has 3 amide bonds. The minimum atomic E-state index is -0.413. The molecule has 1 aliphatic rings. The maximum Gasteiger partial charge on any atom is 0.286 e. The van der Waals surface area contributed by atoms with Gasteiger partial charge < -0.3 is 5.32 Å². The highest BCUT2D eigenvalue weighted by Crippen LogP contribution is 2.24. The molecule has 1 atom stereocenters. The fraction of sp³-hybridized carbons (Fsp3) is 0.136. The number of rotatable bonds is 6. The summed E-state index contributed by atoms with van der Waals surface area (Å²) in [5.41, 5.74) is 4.23. The Morgan fingerprint density at radius 3 is 2.71 bits per heavy atom. The Morgan fingerprint density at radius 2 is 2.03 bits per heavy atom. The van der Waals surface area contributed by atoms with Gasteiger partial charge in [-0.2, -0.15) is 5.10 Å². The third kappa shape index (κ3) is 5.07. The molecule has 0 spiro atoms. The first-order valence-corrected chi connectivity index (χ1v) is 10.4. The number of nitrogens with one attached hydrogen (secondary N) is 2. The summed E-state index contributed by atoms with van der Waals surface area (Å²) in [6.45, 7) is 0. The van der Waals surface area contributed by atoms with Crippen molar-refractivity contribution in [1.29, 1.82) is 0 Å². The van der Waals surface area contributed by atoms with Crippen LogP contribution >= 0.6 is 11.8 Å². The average molecular weight is 433 g/mol. The number of aromatic nitrogens is 3. The topological polar surface area (TPSA) is 106 Å². The van der Waals surface area contributed by atoms with Gasteiger partial charge in [0.25, 0.3) is 5.24 Å². The number of pyridine rings is 1. The highest BCUT2D eigenvalue weighted by Gasteiger charge is 2.31. The molecule has 3 aromatic rings. The van der Waals surface area contributed by atoms with Gasteiger partial charge in [-0.3, -0.25) is 29.4 Å². The van der Waals surface area contributed by atoms with E-state index >= 15 is 0 Å². The van der Waals surface area contributed by atoms with Crippen LogP contribution < -0.4 is 10.6 Å². The second-order valence-corrected chi connectivity index (χ2v) is 8.15. The molecular weight excluding hydrogens is 414 g/mol. The zero-order valence-electron chi connectivity index (χ0n) is 16.6. The Labute approximate surface area is 182 Å². The van der Waals surface area contributed by atoms with E-state index in [9.17, 15) is 14.4 Å². The van der Waals surface area contributed by atoms with Crippen molar-refractivity contribution < 1.29 is 14.4 Å². The minimum absolute atomic E-state index is 0.265. The highest BCUT2D eigenvalue weighted by molar-refractivity contribution is 8.15. The Bertz CT molecular complexity index is 1170. The molecular formula is C22H19N5O3S. The van der Waals surface area contributed by atoms with Crippen molar-refractivity contribution in [3.63, 3.8) is 0 Å². The van der Waals surface area contributed by atoms with Crippen LogP contribution in [0.2, 0.25) is 0 Å². The fourth-order valence-electron chi connectivity index (χ4n) is 3.18. The van der Waals surface area contributed by atoms with Gasteiger partial charge in [0.1, 0.15) is 0 Å². The lowest BCUT2D eigenvalue weighted by molar-refractivity contribution is -0.119. The molecule has 2 aromatic heterocycles. The minimum Gasteiger partial charge on any atom is -0.323 e. The summed E-state index contributed by atoms with van der Waals surface area (Å²) in [6, 6.07) is 9.08. The van der Waals surface area contributed by atoms with Crippen molar-refractivity contribution in [1.82, 2.24) is 20.1 Å². The van der Waals surface area contributed by atoms with E-state index in [2.05, 4.69) is 20.7 Å². The number of thioether (sulfide) groups is 1. The van der Waals surface area contributed by atoms with E-state index in [1.54, 1.807) is 41.5 Å². The predicted octanol–water partition coefficient (Wildman–Crippen LogP) is 3.03. The molecule has 1 aliphatic heterocycles. The van der Waals surface area contributed by atoms with Crippen LogP contribution in [0.5, 0.6) is 0 Å². The number of anilines is 1. The number of carbonyl (C=O) groups is 3. The molecule has 0 radical (unpaired) electrons. The molecule has 4 rings (SSSR count). The van der Waals surface area contributed by atoms with Crippen LogP contribution in [0.1, 0.15) is 11.1 Å². The van der Waals surface area contributed by atoms with E-state index < -0.39 is 5.25 Å². The number of amides is 3. The van der Waals surface area contributed by atoms with Crippen LogP contribution in [0.4, 0.5) is 10.5 Å². The average Bonchev–Trinajstić information content (AvgIpc) is 3.32. The molecule has 9 heteroatoms. The van der Waals surface area contributed by atoms with Gasteiger partial charge in [-0.05, 0) is 41.8 Å². The number of imide groups is 1. The van der Waals surface area contributed by atoms with Gasteiger partial charge in [-0.15, -0.1) is 0 Å². The largest absolute Gasteiger partial charge is 0.323 e. The second-order valence-electron chi connectivity index (χ2n) is 6.97. The van der Waals surface area contributed by atoms with Crippen molar-refractivity contribution in [2.45, 2.75) is 11.7 Å². The van der Waals surface area contributed by atoms with Gasteiger partial charge in [0, 0.05) is 48.5 Å². The van der Waals surface area contributed by atoms with Gasteiger partial charge in [-0.1, -0.05) is 23.9 Å². The molecule has 31 heavy (non-hydrogen) atoms.